The van der Waals surface area contributed by atoms with E-state index in [1.165, 1.54) is 0 Å². The van der Waals surface area contributed by atoms with E-state index >= 15 is 0 Å². The van der Waals surface area contributed by atoms with Gasteiger partial charge in [-0.3, -0.25) is 0 Å². The highest BCUT2D eigenvalue weighted by atomic mass is 16.6. The van der Waals surface area contributed by atoms with Crippen molar-refractivity contribution in [3.63, 3.8) is 0 Å². The number of aromatic hydroxyl groups is 2. The van der Waals surface area contributed by atoms with E-state index in [-0.39, 0.29) is 22.6 Å². The van der Waals surface area contributed by atoms with Gasteiger partial charge in [-0.2, -0.15) is 0 Å². The van der Waals surface area contributed by atoms with E-state index in [1.54, 1.807) is 48.5 Å². The van der Waals surface area contributed by atoms with Gasteiger partial charge in [0.15, 0.2) is 23.0 Å². The van der Waals surface area contributed by atoms with Crippen LogP contribution in [0.5, 0.6) is 34.5 Å². The molecule has 0 aliphatic rings. The first-order valence-corrected chi connectivity index (χ1v) is 12.7. The van der Waals surface area contributed by atoms with E-state index in [2.05, 4.69) is 27.7 Å². The van der Waals surface area contributed by atoms with Gasteiger partial charge in [0, 0.05) is 12.1 Å². The topological polar surface area (TPSA) is 112 Å². The lowest BCUT2D eigenvalue weighted by molar-refractivity contribution is 0.0711. The highest BCUT2D eigenvalue weighted by Gasteiger charge is 2.18. The number of hydrogen-bond donors (Lipinski definition) is 2. The molecule has 3 rings (SSSR count). The lowest BCUT2D eigenvalue weighted by Crippen LogP contribution is -2.11. The van der Waals surface area contributed by atoms with E-state index < -0.39 is 23.4 Å². The number of phenols is 2. The molecular weight excluding hydrogens is 488 g/mol. The van der Waals surface area contributed by atoms with Crippen LogP contribution in [0.15, 0.2) is 60.7 Å². The summed E-state index contributed by atoms with van der Waals surface area (Å²) in [6, 6.07) is 14.8. The quantitative estimate of drug-likeness (QED) is 0.160. The van der Waals surface area contributed by atoms with Gasteiger partial charge < -0.3 is 29.2 Å². The van der Waals surface area contributed by atoms with Gasteiger partial charge in [0.2, 0.25) is 0 Å². The molecule has 0 saturated carbocycles. The summed E-state index contributed by atoms with van der Waals surface area (Å²) in [5.41, 5.74) is 0.457. The Kier molecular flexibility index (Phi) is 9.99. The summed E-state index contributed by atoms with van der Waals surface area (Å²) in [4.78, 5) is 25.1. The SMILES string of the molecule is CCC(C)COc1ccc(C(=O)Oc2cc(O)c(OC(=O)c3ccc(OCC(C)CC)cc3)cc2O)cc1. The summed E-state index contributed by atoms with van der Waals surface area (Å²) < 4.78 is 21.8. The Bertz CT molecular complexity index is 1120. The average Bonchev–Trinajstić information content (AvgIpc) is 2.93. The Morgan fingerprint density at radius 3 is 1.32 bits per heavy atom. The molecule has 0 amide bonds. The fraction of sp³-hybridized carbons (Fsp3) is 0.333. The molecule has 0 bridgehead atoms. The van der Waals surface area contributed by atoms with Gasteiger partial charge in [-0.1, -0.05) is 40.5 Å². The van der Waals surface area contributed by atoms with Crippen LogP contribution >= 0.6 is 0 Å². The minimum absolute atomic E-state index is 0.229. The van der Waals surface area contributed by atoms with Gasteiger partial charge >= 0.3 is 11.9 Å². The molecule has 0 aromatic heterocycles. The van der Waals surface area contributed by atoms with E-state index in [1.807, 2.05) is 0 Å². The third-order valence-electron chi connectivity index (χ3n) is 6.09. The monoisotopic (exact) mass is 522 g/mol. The Hall–Kier alpha value is -4.20. The summed E-state index contributed by atoms with van der Waals surface area (Å²) in [5, 5.41) is 20.7. The summed E-state index contributed by atoms with van der Waals surface area (Å²) in [6.07, 6.45) is 2.00. The maximum absolute atomic E-state index is 12.5. The van der Waals surface area contributed by atoms with Crippen molar-refractivity contribution >= 4 is 11.9 Å². The van der Waals surface area contributed by atoms with Crippen molar-refractivity contribution < 1.29 is 38.7 Å². The van der Waals surface area contributed by atoms with Gasteiger partial charge in [-0.05, 0) is 60.4 Å². The lowest BCUT2D eigenvalue weighted by Gasteiger charge is -2.12. The summed E-state index contributed by atoms with van der Waals surface area (Å²) in [6.45, 7) is 9.48. The van der Waals surface area contributed by atoms with Crippen LogP contribution in [0.3, 0.4) is 0 Å². The fourth-order valence-electron chi connectivity index (χ4n) is 3.11. The van der Waals surface area contributed by atoms with Gasteiger partial charge in [0.1, 0.15) is 11.5 Å². The van der Waals surface area contributed by atoms with Crippen molar-refractivity contribution in [2.24, 2.45) is 11.8 Å². The van der Waals surface area contributed by atoms with Crippen molar-refractivity contribution in [2.45, 2.75) is 40.5 Å². The number of phenolic OH excluding ortho intramolecular Hbond substituents is 2. The second-order valence-corrected chi connectivity index (χ2v) is 9.26. The van der Waals surface area contributed by atoms with E-state index in [9.17, 15) is 19.8 Å². The van der Waals surface area contributed by atoms with E-state index in [4.69, 9.17) is 18.9 Å². The maximum Gasteiger partial charge on any atom is 0.343 e. The first kappa shape index (κ1) is 28.4. The molecule has 202 valence electrons. The number of carbonyl (C=O) groups is 2. The molecule has 38 heavy (non-hydrogen) atoms. The van der Waals surface area contributed by atoms with Crippen LogP contribution in [-0.4, -0.2) is 35.4 Å². The van der Waals surface area contributed by atoms with E-state index in [0.29, 0.717) is 36.5 Å². The molecule has 2 N–H and O–H groups in total. The Morgan fingerprint density at radius 2 is 1.00 bits per heavy atom. The molecule has 0 saturated heterocycles. The summed E-state index contributed by atoms with van der Waals surface area (Å²) in [5.74, 6) is -0.943. The van der Waals surface area contributed by atoms with Crippen LogP contribution in [-0.2, 0) is 0 Å². The Labute approximate surface area is 222 Å². The minimum atomic E-state index is -0.742. The number of carbonyl (C=O) groups excluding carboxylic acids is 2. The molecule has 3 aromatic rings. The summed E-state index contributed by atoms with van der Waals surface area (Å²) >= 11 is 0. The number of benzene rings is 3. The van der Waals surface area contributed by atoms with Gasteiger partial charge in [0.05, 0.1) is 24.3 Å². The molecular formula is C30H34O8. The van der Waals surface area contributed by atoms with Crippen molar-refractivity contribution in [1.29, 1.82) is 0 Å². The Balaban J connectivity index is 1.61. The number of esters is 2. The average molecular weight is 523 g/mol. The van der Waals surface area contributed by atoms with Crippen molar-refractivity contribution in [1.82, 2.24) is 0 Å². The molecule has 0 spiro atoms. The molecule has 8 heteroatoms. The predicted molar refractivity (Wildman–Crippen MR) is 142 cm³/mol. The smallest absolute Gasteiger partial charge is 0.343 e. The standard InChI is InChI=1S/C30H34O8/c1-5-19(3)17-35-23-11-7-21(8-12-23)29(33)37-27-15-26(32)28(16-25(27)31)38-30(34)22-9-13-24(14-10-22)36-18-20(4)6-2/h7-16,19-20,31-32H,5-6,17-18H2,1-4H3. The fourth-order valence-corrected chi connectivity index (χ4v) is 3.11. The van der Waals surface area contributed by atoms with Gasteiger partial charge in [-0.15, -0.1) is 0 Å². The van der Waals surface area contributed by atoms with Crippen LogP contribution in [0.4, 0.5) is 0 Å². The summed E-state index contributed by atoms with van der Waals surface area (Å²) in [7, 11) is 0. The zero-order valence-electron chi connectivity index (χ0n) is 22.1. The highest BCUT2D eigenvalue weighted by Crippen LogP contribution is 2.39. The van der Waals surface area contributed by atoms with Crippen molar-refractivity contribution in [3.8, 4) is 34.5 Å². The molecule has 0 aliphatic heterocycles. The second-order valence-electron chi connectivity index (χ2n) is 9.26. The normalized spacial score (nSPS) is 12.3. The third kappa shape index (κ3) is 7.90. The highest BCUT2D eigenvalue weighted by molar-refractivity contribution is 5.92. The zero-order chi connectivity index (χ0) is 27.7. The van der Waals surface area contributed by atoms with Crippen LogP contribution < -0.4 is 18.9 Å². The van der Waals surface area contributed by atoms with E-state index in [0.717, 1.165) is 25.0 Å². The largest absolute Gasteiger partial charge is 0.504 e. The van der Waals surface area contributed by atoms with Crippen molar-refractivity contribution in [2.75, 3.05) is 13.2 Å². The number of ether oxygens (including phenoxy) is 4. The molecule has 0 fully saturated rings. The molecule has 0 aliphatic carbocycles. The van der Waals surface area contributed by atoms with Crippen LogP contribution in [0.25, 0.3) is 0 Å². The first-order valence-electron chi connectivity index (χ1n) is 12.7. The number of rotatable bonds is 12. The molecule has 0 heterocycles. The third-order valence-corrected chi connectivity index (χ3v) is 6.09. The zero-order valence-corrected chi connectivity index (χ0v) is 22.1. The molecule has 3 aromatic carbocycles. The molecule has 0 radical (unpaired) electrons. The van der Waals surface area contributed by atoms with Crippen LogP contribution in [0.2, 0.25) is 0 Å². The van der Waals surface area contributed by atoms with Crippen LogP contribution in [0.1, 0.15) is 61.3 Å². The van der Waals surface area contributed by atoms with Gasteiger partial charge in [-0.25, -0.2) is 9.59 Å². The first-order chi connectivity index (χ1) is 18.2. The predicted octanol–water partition coefficient (Wildman–Crippen LogP) is 6.39. The number of hydrogen-bond acceptors (Lipinski definition) is 8. The van der Waals surface area contributed by atoms with Crippen LogP contribution in [0, 0.1) is 11.8 Å². The molecule has 8 nitrogen and oxygen atoms in total. The Morgan fingerprint density at radius 1 is 0.658 bits per heavy atom. The molecule has 2 unspecified atom stereocenters. The van der Waals surface area contributed by atoms with Gasteiger partial charge in [0.25, 0.3) is 0 Å². The molecule has 2 atom stereocenters. The lowest BCUT2D eigenvalue weighted by atomic mass is 10.1. The second kappa shape index (κ2) is 13.4. The van der Waals surface area contributed by atoms with Crippen molar-refractivity contribution in [3.05, 3.63) is 71.8 Å². The maximum atomic E-state index is 12.5. The minimum Gasteiger partial charge on any atom is -0.504 e.